The van der Waals surface area contributed by atoms with Crippen molar-refractivity contribution in [2.24, 2.45) is 0 Å². The van der Waals surface area contributed by atoms with Crippen LogP contribution in [0.25, 0.3) is 0 Å². The van der Waals surface area contributed by atoms with Gasteiger partial charge in [-0.1, -0.05) is 29.8 Å². The van der Waals surface area contributed by atoms with Crippen molar-refractivity contribution in [1.82, 2.24) is 0 Å². The summed E-state index contributed by atoms with van der Waals surface area (Å²) < 4.78 is 0. The van der Waals surface area contributed by atoms with Gasteiger partial charge >= 0.3 is 0 Å². The molecule has 2 rings (SSSR count). The van der Waals surface area contributed by atoms with E-state index < -0.39 is 0 Å². The minimum atomic E-state index is 0.262. The van der Waals surface area contributed by atoms with E-state index >= 15 is 0 Å². The summed E-state index contributed by atoms with van der Waals surface area (Å²) in [4.78, 5) is 0. The van der Waals surface area contributed by atoms with Crippen molar-refractivity contribution in [1.29, 1.82) is 0 Å². The maximum Gasteiger partial charge on any atom is 0.0488 e. The van der Waals surface area contributed by atoms with Crippen molar-refractivity contribution in [2.45, 2.75) is 33.7 Å². The largest absolute Gasteiger partial charge is 0.378 e. The predicted octanol–water partition coefficient (Wildman–Crippen LogP) is 5.44. The predicted molar refractivity (Wildman–Crippen MR) is 84.1 cm³/mol. The molecular weight excluding hydrogens is 254 g/mol. The molecule has 0 aromatic heterocycles. The SMILES string of the molecule is Cc1cc(C)c(C(C)Nc2cccc(Cl)c2)cc1C. The van der Waals surface area contributed by atoms with Crippen molar-refractivity contribution < 1.29 is 0 Å². The summed E-state index contributed by atoms with van der Waals surface area (Å²) in [6.45, 7) is 8.65. The van der Waals surface area contributed by atoms with E-state index in [1.165, 1.54) is 22.3 Å². The minimum absolute atomic E-state index is 0.262. The van der Waals surface area contributed by atoms with Crippen LogP contribution in [0.5, 0.6) is 0 Å². The number of benzene rings is 2. The number of halogens is 1. The smallest absolute Gasteiger partial charge is 0.0488 e. The second-order valence-electron chi connectivity index (χ2n) is 5.17. The van der Waals surface area contributed by atoms with Crippen molar-refractivity contribution in [3.8, 4) is 0 Å². The molecule has 0 spiro atoms. The molecule has 19 heavy (non-hydrogen) atoms. The van der Waals surface area contributed by atoms with Crippen molar-refractivity contribution in [3.63, 3.8) is 0 Å². The second-order valence-corrected chi connectivity index (χ2v) is 5.61. The fourth-order valence-corrected chi connectivity index (χ4v) is 2.55. The average Bonchev–Trinajstić information content (AvgIpc) is 2.33. The normalized spacial score (nSPS) is 12.3. The molecule has 0 saturated carbocycles. The fraction of sp³-hybridized carbons (Fsp3) is 0.294. The van der Waals surface area contributed by atoms with Crippen LogP contribution in [0.2, 0.25) is 5.02 Å². The highest BCUT2D eigenvalue weighted by atomic mass is 35.5. The quantitative estimate of drug-likeness (QED) is 0.785. The Hall–Kier alpha value is -1.47. The standard InChI is InChI=1S/C17H20ClN/c1-11-8-13(3)17(9-12(11)2)14(4)19-16-7-5-6-15(18)10-16/h5-10,14,19H,1-4H3. The Labute approximate surface area is 120 Å². The van der Waals surface area contributed by atoms with Crippen LogP contribution in [0.15, 0.2) is 36.4 Å². The van der Waals surface area contributed by atoms with Gasteiger partial charge in [0.05, 0.1) is 0 Å². The van der Waals surface area contributed by atoms with Crippen LogP contribution in [-0.2, 0) is 0 Å². The summed E-state index contributed by atoms with van der Waals surface area (Å²) in [5.41, 5.74) is 6.39. The van der Waals surface area contributed by atoms with Crippen LogP contribution < -0.4 is 5.32 Å². The lowest BCUT2D eigenvalue weighted by atomic mass is 9.96. The van der Waals surface area contributed by atoms with Gasteiger partial charge in [0.1, 0.15) is 0 Å². The zero-order valence-electron chi connectivity index (χ0n) is 11.9. The monoisotopic (exact) mass is 273 g/mol. The first-order chi connectivity index (χ1) is 8.97. The zero-order chi connectivity index (χ0) is 14.0. The molecular formula is C17H20ClN. The molecule has 0 heterocycles. The van der Waals surface area contributed by atoms with Crippen molar-refractivity contribution in [2.75, 3.05) is 5.32 Å². The first-order valence-corrected chi connectivity index (χ1v) is 6.95. The molecule has 0 amide bonds. The van der Waals surface area contributed by atoms with Crippen LogP contribution in [0.4, 0.5) is 5.69 Å². The molecule has 1 unspecified atom stereocenters. The third-order valence-electron chi connectivity index (χ3n) is 3.56. The molecule has 0 aliphatic heterocycles. The van der Waals surface area contributed by atoms with Gasteiger partial charge in [-0.05, 0) is 68.1 Å². The molecule has 0 radical (unpaired) electrons. The summed E-state index contributed by atoms with van der Waals surface area (Å²) in [6, 6.07) is 12.6. The number of hydrogen-bond acceptors (Lipinski definition) is 1. The average molecular weight is 274 g/mol. The fourth-order valence-electron chi connectivity index (χ4n) is 2.36. The highest BCUT2D eigenvalue weighted by Gasteiger charge is 2.10. The van der Waals surface area contributed by atoms with E-state index in [9.17, 15) is 0 Å². The van der Waals surface area contributed by atoms with E-state index in [4.69, 9.17) is 11.6 Å². The number of anilines is 1. The molecule has 0 bridgehead atoms. The van der Waals surface area contributed by atoms with Crippen LogP contribution in [0, 0.1) is 20.8 Å². The van der Waals surface area contributed by atoms with Gasteiger partial charge in [0.15, 0.2) is 0 Å². The van der Waals surface area contributed by atoms with Crippen molar-refractivity contribution in [3.05, 3.63) is 63.7 Å². The number of nitrogens with one attached hydrogen (secondary N) is 1. The van der Waals surface area contributed by atoms with Gasteiger partial charge in [0, 0.05) is 16.8 Å². The first kappa shape index (κ1) is 14.0. The van der Waals surface area contributed by atoms with Gasteiger partial charge in [-0.15, -0.1) is 0 Å². The van der Waals surface area contributed by atoms with E-state index in [0.29, 0.717) is 0 Å². The van der Waals surface area contributed by atoms with Crippen molar-refractivity contribution >= 4 is 17.3 Å². The summed E-state index contributed by atoms with van der Waals surface area (Å²) in [6.07, 6.45) is 0. The topological polar surface area (TPSA) is 12.0 Å². The lowest BCUT2D eigenvalue weighted by molar-refractivity contribution is 0.870. The summed E-state index contributed by atoms with van der Waals surface area (Å²) >= 11 is 6.01. The van der Waals surface area contributed by atoms with Gasteiger partial charge in [-0.25, -0.2) is 0 Å². The first-order valence-electron chi connectivity index (χ1n) is 6.57. The minimum Gasteiger partial charge on any atom is -0.378 e. The number of rotatable bonds is 3. The molecule has 0 aliphatic carbocycles. The second kappa shape index (κ2) is 5.66. The Morgan fingerprint density at radius 3 is 2.32 bits per heavy atom. The van der Waals surface area contributed by atoms with E-state index in [0.717, 1.165) is 10.7 Å². The Balaban J connectivity index is 2.25. The maximum atomic E-state index is 6.01. The van der Waals surface area contributed by atoms with Gasteiger partial charge < -0.3 is 5.32 Å². The van der Waals surface area contributed by atoms with Crippen LogP contribution in [-0.4, -0.2) is 0 Å². The molecule has 1 atom stereocenters. The lowest BCUT2D eigenvalue weighted by Gasteiger charge is -2.19. The van der Waals surface area contributed by atoms with Gasteiger partial charge in [-0.2, -0.15) is 0 Å². The molecule has 2 aromatic carbocycles. The van der Waals surface area contributed by atoms with Gasteiger partial charge in [-0.3, -0.25) is 0 Å². The Bertz CT molecular complexity index is 590. The zero-order valence-corrected chi connectivity index (χ0v) is 12.7. The molecule has 2 aromatic rings. The van der Waals surface area contributed by atoms with Gasteiger partial charge in [0.25, 0.3) is 0 Å². The molecule has 0 fully saturated rings. The van der Waals surface area contributed by atoms with Crippen LogP contribution >= 0.6 is 11.6 Å². The third-order valence-corrected chi connectivity index (χ3v) is 3.79. The summed E-state index contributed by atoms with van der Waals surface area (Å²) in [5.74, 6) is 0. The molecule has 2 heteroatoms. The lowest BCUT2D eigenvalue weighted by Crippen LogP contribution is -2.09. The van der Waals surface area contributed by atoms with E-state index in [1.807, 2.05) is 24.3 Å². The number of hydrogen-bond donors (Lipinski definition) is 1. The Kier molecular flexibility index (Phi) is 4.16. The molecule has 0 saturated heterocycles. The maximum absolute atomic E-state index is 6.01. The highest BCUT2D eigenvalue weighted by Crippen LogP contribution is 2.26. The Morgan fingerprint density at radius 1 is 0.947 bits per heavy atom. The van der Waals surface area contributed by atoms with Gasteiger partial charge in [0.2, 0.25) is 0 Å². The van der Waals surface area contributed by atoms with E-state index in [1.54, 1.807) is 0 Å². The molecule has 1 N–H and O–H groups in total. The summed E-state index contributed by atoms with van der Waals surface area (Å²) in [7, 11) is 0. The van der Waals surface area contributed by atoms with E-state index in [2.05, 4.69) is 45.1 Å². The van der Waals surface area contributed by atoms with E-state index in [-0.39, 0.29) is 6.04 Å². The Morgan fingerprint density at radius 2 is 1.63 bits per heavy atom. The number of aryl methyl sites for hydroxylation is 3. The van der Waals surface area contributed by atoms with Crippen LogP contribution in [0.1, 0.15) is 35.2 Å². The van der Waals surface area contributed by atoms with Crippen LogP contribution in [0.3, 0.4) is 0 Å². The highest BCUT2D eigenvalue weighted by molar-refractivity contribution is 6.30. The third kappa shape index (κ3) is 3.30. The molecule has 100 valence electrons. The summed E-state index contributed by atoms with van der Waals surface area (Å²) in [5, 5.41) is 4.26. The molecule has 1 nitrogen and oxygen atoms in total. The molecule has 0 aliphatic rings.